The van der Waals surface area contributed by atoms with Crippen LogP contribution in [0.2, 0.25) is 0 Å². The third-order valence-corrected chi connectivity index (χ3v) is 3.41. The second-order valence-corrected chi connectivity index (χ2v) is 6.84. The van der Waals surface area contributed by atoms with Crippen LogP contribution in [0.5, 0.6) is 0 Å². The molecule has 7 nitrogen and oxygen atoms in total. The molecule has 0 aliphatic heterocycles. The molecule has 0 aliphatic rings. The maximum Gasteiger partial charge on any atom is 0.407 e. The fourth-order valence-corrected chi connectivity index (χ4v) is 2.34. The van der Waals surface area contributed by atoms with E-state index in [1.165, 1.54) is 14.2 Å². The van der Waals surface area contributed by atoms with Crippen LogP contribution in [0.25, 0.3) is 0 Å². The van der Waals surface area contributed by atoms with Gasteiger partial charge in [0.25, 0.3) is 0 Å². The van der Waals surface area contributed by atoms with E-state index in [1.807, 2.05) is 0 Å². The van der Waals surface area contributed by atoms with Gasteiger partial charge in [0.15, 0.2) is 0 Å². The molecule has 0 heterocycles. The highest BCUT2D eigenvalue weighted by Crippen LogP contribution is 2.21. The molecular weight excluding hydrogens is 333 g/mol. The summed E-state index contributed by atoms with van der Waals surface area (Å²) in [6, 6.07) is -0.587. The van der Waals surface area contributed by atoms with E-state index in [1.54, 1.807) is 20.8 Å². The van der Waals surface area contributed by atoms with E-state index in [0.717, 1.165) is 0 Å². The molecule has 0 bridgehead atoms. The van der Waals surface area contributed by atoms with Crippen LogP contribution in [0.1, 0.15) is 52.9 Å². The number of hydrogen-bond donors (Lipinski definition) is 1. The van der Waals surface area contributed by atoms with Gasteiger partial charge in [-0.05, 0) is 46.0 Å². The van der Waals surface area contributed by atoms with E-state index in [0.29, 0.717) is 19.3 Å². The number of ether oxygens (including phenoxy) is 3. The average molecular weight is 363 g/mol. The standard InChI is InChI=1S/C17H30FNO6/c1-17(2,3)25-16(22)19-13(11-15(21)24-5)9-12(7-6-8-18)10-14(20)23-4/h12-13H,6-11H2,1-5H3,(H,19,22). The van der Waals surface area contributed by atoms with Gasteiger partial charge in [-0.2, -0.15) is 0 Å². The van der Waals surface area contributed by atoms with Gasteiger partial charge in [-0.1, -0.05) is 0 Å². The zero-order valence-electron chi connectivity index (χ0n) is 15.7. The lowest BCUT2D eigenvalue weighted by Gasteiger charge is -2.25. The van der Waals surface area contributed by atoms with Crippen molar-refractivity contribution < 1.29 is 33.0 Å². The number of rotatable bonds is 10. The van der Waals surface area contributed by atoms with Gasteiger partial charge in [0.1, 0.15) is 5.60 Å². The lowest BCUT2D eigenvalue weighted by molar-refractivity contribution is -0.141. The van der Waals surface area contributed by atoms with Crippen molar-refractivity contribution >= 4 is 18.0 Å². The molecule has 0 spiro atoms. The highest BCUT2D eigenvalue weighted by atomic mass is 19.1. The molecular formula is C17H30FNO6. The van der Waals surface area contributed by atoms with E-state index in [-0.39, 0.29) is 18.8 Å². The Hall–Kier alpha value is -1.86. The fraction of sp³-hybridized carbons (Fsp3) is 0.824. The minimum Gasteiger partial charge on any atom is -0.469 e. The molecule has 1 amide bonds. The van der Waals surface area contributed by atoms with Crippen molar-refractivity contribution in [3.63, 3.8) is 0 Å². The monoisotopic (exact) mass is 363 g/mol. The number of hydrogen-bond acceptors (Lipinski definition) is 6. The highest BCUT2D eigenvalue weighted by molar-refractivity contribution is 5.73. The van der Waals surface area contributed by atoms with E-state index in [2.05, 4.69) is 14.8 Å². The summed E-state index contributed by atoms with van der Waals surface area (Å²) in [5, 5.41) is 2.63. The average Bonchev–Trinajstić information content (AvgIpc) is 2.50. The van der Waals surface area contributed by atoms with E-state index >= 15 is 0 Å². The van der Waals surface area contributed by atoms with E-state index in [4.69, 9.17) is 4.74 Å². The molecule has 8 heteroatoms. The number of carbonyl (C=O) groups excluding carboxylic acids is 3. The summed E-state index contributed by atoms with van der Waals surface area (Å²) in [4.78, 5) is 35.1. The zero-order valence-corrected chi connectivity index (χ0v) is 15.7. The first kappa shape index (κ1) is 23.1. The van der Waals surface area contributed by atoms with Crippen molar-refractivity contribution in [2.24, 2.45) is 5.92 Å². The zero-order chi connectivity index (χ0) is 19.5. The van der Waals surface area contributed by atoms with Gasteiger partial charge in [0.2, 0.25) is 0 Å². The van der Waals surface area contributed by atoms with Gasteiger partial charge in [-0.3, -0.25) is 14.0 Å². The first-order valence-electron chi connectivity index (χ1n) is 8.30. The SMILES string of the molecule is COC(=O)CC(CCCF)CC(CC(=O)OC)NC(=O)OC(C)(C)C. The minimum absolute atomic E-state index is 0.0664. The Morgan fingerprint density at radius 2 is 1.60 bits per heavy atom. The van der Waals surface area contributed by atoms with Crippen LogP contribution in [0.15, 0.2) is 0 Å². The van der Waals surface area contributed by atoms with Gasteiger partial charge < -0.3 is 19.5 Å². The second kappa shape index (κ2) is 11.7. The predicted molar refractivity (Wildman–Crippen MR) is 89.7 cm³/mol. The first-order chi connectivity index (χ1) is 11.6. The summed E-state index contributed by atoms with van der Waals surface area (Å²) in [6.07, 6.45) is 0.401. The highest BCUT2D eigenvalue weighted by Gasteiger charge is 2.25. The van der Waals surface area contributed by atoms with Crippen molar-refractivity contribution in [3.8, 4) is 0 Å². The summed E-state index contributed by atoms with van der Waals surface area (Å²) in [6.45, 7) is 4.68. The molecule has 0 aromatic rings. The topological polar surface area (TPSA) is 90.9 Å². The molecule has 0 aromatic heterocycles. The Bertz CT molecular complexity index is 435. The Morgan fingerprint density at radius 3 is 2.08 bits per heavy atom. The molecule has 1 N–H and O–H groups in total. The van der Waals surface area contributed by atoms with Crippen LogP contribution in [0.4, 0.5) is 9.18 Å². The van der Waals surface area contributed by atoms with Crippen molar-refractivity contribution in [2.45, 2.75) is 64.5 Å². The van der Waals surface area contributed by atoms with Crippen LogP contribution in [0.3, 0.4) is 0 Å². The Morgan fingerprint density at radius 1 is 1.04 bits per heavy atom. The molecule has 0 saturated heterocycles. The lowest BCUT2D eigenvalue weighted by Crippen LogP contribution is -2.41. The number of esters is 2. The van der Waals surface area contributed by atoms with Gasteiger partial charge in [-0.15, -0.1) is 0 Å². The summed E-state index contributed by atoms with van der Waals surface area (Å²) in [7, 11) is 2.53. The van der Waals surface area contributed by atoms with Crippen molar-refractivity contribution in [1.29, 1.82) is 0 Å². The summed E-state index contributed by atoms with van der Waals surface area (Å²) in [5.41, 5.74) is -0.681. The number of amides is 1. The Labute approximate surface area is 148 Å². The number of halogens is 1. The maximum absolute atomic E-state index is 12.5. The molecule has 0 aromatic carbocycles. The molecule has 0 saturated carbocycles. The number of methoxy groups -OCH3 is 2. The third kappa shape index (κ3) is 12.2. The van der Waals surface area contributed by atoms with E-state index < -0.39 is 36.3 Å². The van der Waals surface area contributed by atoms with Crippen LogP contribution in [0, 0.1) is 5.92 Å². The Balaban J connectivity index is 4.97. The van der Waals surface area contributed by atoms with Gasteiger partial charge in [-0.25, -0.2) is 4.79 Å². The molecule has 2 unspecified atom stereocenters. The predicted octanol–water partition coefficient (Wildman–Crippen LogP) is 2.76. The maximum atomic E-state index is 12.5. The number of carbonyl (C=O) groups is 3. The summed E-state index contributed by atoms with van der Waals surface area (Å²) in [5.74, 6) is -1.14. The molecule has 0 radical (unpaired) electrons. The molecule has 2 atom stereocenters. The van der Waals surface area contributed by atoms with Crippen molar-refractivity contribution in [3.05, 3.63) is 0 Å². The number of alkyl halides is 1. The van der Waals surface area contributed by atoms with Crippen LogP contribution < -0.4 is 5.32 Å². The van der Waals surface area contributed by atoms with Crippen LogP contribution in [-0.4, -0.2) is 50.6 Å². The largest absolute Gasteiger partial charge is 0.469 e. The molecule has 146 valence electrons. The van der Waals surface area contributed by atoms with Gasteiger partial charge >= 0.3 is 18.0 Å². The quantitative estimate of drug-likeness (QED) is 0.474. The molecule has 25 heavy (non-hydrogen) atoms. The smallest absolute Gasteiger partial charge is 0.407 e. The number of nitrogens with one attached hydrogen (secondary N) is 1. The normalized spacial score (nSPS) is 13.5. The van der Waals surface area contributed by atoms with Crippen molar-refractivity contribution in [1.82, 2.24) is 5.32 Å². The van der Waals surface area contributed by atoms with Crippen LogP contribution >= 0.6 is 0 Å². The molecule has 0 fully saturated rings. The molecule has 0 rings (SSSR count). The Kier molecular flexibility index (Phi) is 10.8. The summed E-state index contributed by atoms with van der Waals surface area (Å²) < 4.78 is 27.0. The van der Waals surface area contributed by atoms with Crippen molar-refractivity contribution in [2.75, 3.05) is 20.9 Å². The van der Waals surface area contributed by atoms with Crippen LogP contribution in [-0.2, 0) is 23.8 Å². The fourth-order valence-electron chi connectivity index (χ4n) is 2.34. The third-order valence-electron chi connectivity index (χ3n) is 3.41. The first-order valence-corrected chi connectivity index (χ1v) is 8.30. The van der Waals surface area contributed by atoms with Gasteiger partial charge in [0.05, 0.1) is 27.3 Å². The summed E-state index contributed by atoms with van der Waals surface area (Å²) >= 11 is 0. The van der Waals surface area contributed by atoms with Gasteiger partial charge in [0, 0.05) is 12.5 Å². The lowest BCUT2D eigenvalue weighted by atomic mass is 9.91. The number of alkyl carbamates (subject to hydrolysis) is 1. The second-order valence-electron chi connectivity index (χ2n) is 6.84. The molecule has 0 aliphatic carbocycles. The van der Waals surface area contributed by atoms with E-state index in [9.17, 15) is 18.8 Å². The minimum atomic E-state index is -0.681.